The summed E-state index contributed by atoms with van der Waals surface area (Å²) in [4.78, 5) is 22.8. The number of aromatic nitrogens is 2. The molecule has 142 valence electrons. The molecule has 29 heavy (non-hydrogen) atoms. The number of amides is 1. The zero-order chi connectivity index (χ0) is 19.8. The van der Waals surface area contributed by atoms with E-state index in [1.54, 1.807) is 35.9 Å². The fraction of sp³-hybridized carbons (Fsp3) is 0.0909. The van der Waals surface area contributed by atoms with Crippen LogP contribution in [0.1, 0.15) is 33.3 Å². The molecule has 4 aromatic rings. The quantitative estimate of drug-likeness (QED) is 0.494. The molecule has 0 saturated heterocycles. The van der Waals surface area contributed by atoms with Crippen molar-refractivity contribution >= 4 is 34.0 Å². The summed E-state index contributed by atoms with van der Waals surface area (Å²) in [5.74, 6) is -1.01. The van der Waals surface area contributed by atoms with Gasteiger partial charge in [0.15, 0.2) is 0 Å². The number of thiophene rings is 1. The summed E-state index contributed by atoms with van der Waals surface area (Å²) in [5.41, 5.74) is 3.23. The van der Waals surface area contributed by atoms with Crippen LogP contribution in [0.3, 0.4) is 0 Å². The van der Waals surface area contributed by atoms with Crippen LogP contribution in [0.25, 0.3) is 11.0 Å². The Balaban J connectivity index is 1.58. The minimum Gasteiger partial charge on any atom is -0.267 e. The van der Waals surface area contributed by atoms with Crippen LogP contribution in [-0.4, -0.2) is 26.6 Å². The number of nitrogens with zero attached hydrogens (tertiary/aromatic N) is 4. The third-order valence-corrected chi connectivity index (χ3v) is 5.83. The normalized spacial score (nSPS) is 16.2. The Labute approximate surface area is 170 Å². The zero-order valence-electron chi connectivity index (χ0n) is 15.2. The second-order valence-electron chi connectivity index (χ2n) is 6.68. The molecule has 0 N–H and O–H groups in total. The number of carbonyl (C=O) groups excluding carboxylic acids is 1. The van der Waals surface area contributed by atoms with Gasteiger partial charge in [-0.25, -0.2) is 9.40 Å². The molecule has 0 spiro atoms. The van der Waals surface area contributed by atoms with Gasteiger partial charge in [-0.15, -0.1) is 11.3 Å². The standard InChI is InChI=1S/C22H15FN4OS/c23-16-5-2-1-4-15(16)22(28)27-20(13-19(26-27)21-6-3-11-29-21)14-7-8-17-18(12-14)25-10-9-24-17/h1-12,20H,13H2/t20-/m0/s1. The van der Waals surface area contributed by atoms with Gasteiger partial charge >= 0.3 is 0 Å². The van der Waals surface area contributed by atoms with Gasteiger partial charge in [-0.05, 0) is 41.3 Å². The molecule has 2 aromatic carbocycles. The average molecular weight is 402 g/mol. The lowest BCUT2D eigenvalue weighted by molar-refractivity contribution is 0.0706. The highest BCUT2D eigenvalue weighted by molar-refractivity contribution is 7.12. The Morgan fingerprint density at radius 1 is 1.03 bits per heavy atom. The van der Waals surface area contributed by atoms with E-state index in [1.165, 1.54) is 17.1 Å². The molecule has 0 saturated carbocycles. The number of rotatable bonds is 3. The summed E-state index contributed by atoms with van der Waals surface area (Å²) in [5, 5.41) is 7.96. The van der Waals surface area contributed by atoms with E-state index in [4.69, 9.17) is 0 Å². The molecule has 0 aliphatic carbocycles. The Morgan fingerprint density at radius 2 is 1.86 bits per heavy atom. The molecule has 0 radical (unpaired) electrons. The van der Waals surface area contributed by atoms with Crippen molar-refractivity contribution < 1.29 is 9.18 Å². The second-order valence-corrected chi connectivity index (χ2v) is 7.63. The number of halogens is 1. The van der Waals surface area contributed by atoms with Gasteiger partial charge in [0.05, 0.1) is 33.2 Å². The molecule has 5 nitrogen and oxygen atoms in total. The predicted octanol–water partition coefficient (Wildman–Crippen LogP) is 4.82. The first-order chi connectivity index (χ1) is 14.2. The van der Waals surface area contributed by atoms with Crippen molar-refractivity contribution in [2.45, 2.75) is 12.5 Å². The molecule has 0 unspecified atom stereocenters. The summed E-state index contributed by atoms with van der Waals surface area (Å²) in [6.45, 7) is 0. The van der Waals surface area contributed by atoms with Gasteiger partial charge in [0.2, 0.25) is 0 Å². The number of fused-ring (bicyclic) bond motifs is 1. The Morgan fingerprint density at radius 3 is 2.66 bits per heavy atom. The zero-order valence-corrected chi connectivity index (χ0v) is 16.0. The monoisotopic (exact) mass is 402 g/mol. The molecule has 7 heteroatoms. The van der Waals surface area contributed by atoms with Crippen molar-refractivity contribution in [2.75, 3.05) is 0 Å². The Bertz CT molecular complexity index is 1240. The van der Waals surface area contributed by atoms with Crippen LogP contribution >= 0.6 is 11.3 Å². The lowest BCUT2D eigenvalue weighted by Gasteiger charge is -2.22. The van der Waals surface area contributed by atoms with Crippen molar-refractivity contribution in [1.82, 2.24) is 15.0 Å². The topological polar surface area (TPSA) is 58.5 Å². The van der Waals surface area contributed by atoms with E-state index in [9.17, 15) is 9.18 Å². The third-order valence-electron chi connectivity index (χ3n) is 4.91. The van der Waals surface area contributed by atoms with Crippen LogP contribution in [0.5, 0.6) is 0 Å². The SMILES string of the molecule is O=C(c1ccccc1F)N1N=C(c2cccs2)C[C@H]1c1ccc2nccnc2c1. The van der Waals surface area contributed by atoms with Gasteiger partial charge in [-0.3, -0.25) is 14.8 Å². The fourth-order valence-electron chi connectivity index (χ4n) is 3.49. The molecule has 0 bridgehead atoms. The third kappa shape index (κ3) is 3.19. The predicted molar refractivity (Wildman–Crippen MR) is 110 cm³/mol. The smallest absolute Gasteiger partial charge is 0.267 e. The highest BCUT2D eigenvalue weighted by Crippen LogP contribution is 2.35. The van der Waals surface area contributed by atoms with E-state index in [2.05, 4.69) is 15.1 Å². The first kappa shape index (κ1) is 17.6. The second kappa shape index (κ2) is 7.18. The van der Waals surface area contributed by atoms with E-state index < -0.39 is 11.7 Å². The maximum Gasteiger partial charge on any atom is 0.277 e. The summed E-state index contributed by atoms with van der Waals surface area (Å²) >= 11 is 1.57. The van der Waals surface area contributed by atoms with Gasteiger partial charge in [-0.2, -0.15) is 5.10 Å². The van der Waals surface area contributed by atoms with Gasteiger partial charge in [-0.1, -0.05) is 24.3 Å². The van der Waals surface area contributed by atoms with E-state index in [-0.39, 0.29) is 11.6 Å². The highest BCUT2D eigenvalue weighted by atomic mass is 32.1. The summed E-state index contributed by atoms with van der Waals surface area (Å²) < 4.78 is 14.3. The van der Waals surface area contributed by atoms with Crippen LogP contribution in [0, 0.1) is 5.82 Å². The van der Waals surface area contributed by atoms with E-state index >= 15 is 0 Å². The summed E-state index contributed by atoms with van der Waals surface area (Å²) in [6.07, 6.45) is 3.83. The lowest BCUT2D eigenvalue weighted by atomic mass is 10.00. The van der Waals surface area contributed by atoms with Gasteiger partial charge in [0, 0.05) is 18.8 Å². The van der Waals surface area contributed by atoms with E-state index in [0.29, 0.717) is 6.42 Å². The number of carbonyl (C=O) groups is 1. The minimum absolute atomic E-state index is 0.00857. The first-order valence-electron chi connectivity index (χ1n) is 9.11. The number of hydrogen-bond donors (Lipinski definition) is 0. The molecule has 1 aliphatic heterocycles. The van der Waals surface area contributed by atoms with Crippen molar-refractivity contribution in [3.63, 3.8) is 0 Å². The summed E-state index contributed by atoms with van der Waals surface area (Å²) in [6, 6.07) is 15.3. The van der Waals surface area contributed by atoms with Crippen molar-refractivity contribution in [3.05, 3.63) is 94.2 Å². The maximum absolute atomic E-state index is 14.3. The van der Waals surface area contributed by atoms with Crippen LogP contribution in [0.2, 0.25) is 0 Å². The van der Waals surface area contributed by atoms with Crippen LogP contribution in [-0.2, 0) is 0 Å². The van der Waals surface area contributed by atoms with Crippen LogP contribution < -0.4 is 0 Å². The van der Waals surface area contributed by atoms with E-state index in [1.807, 2.05) is 35.7 Å². The highest BCUT2D eigenvalue weighted by Gasteiger charge is 2.35. The number of hydrazone groups is 1. The molecule has 3 heterocycles. The number of benzene rings is 2. The van der Waals surface area contributed by atoms with Gasteiger partial charge in [0.1, 0.15) is 5.82 Å². The van der Waals surface area contributed by atoms with Crippen molar-refractivity contribution in [1.29, 1.82) is 0 Å². The van der Waals surface area contributed by atoms with E-state index in [0.717, 1.165) is 27.2 Å². The molecular formula is C22H15FN4OS. The van der Waals surface area contributed by atoms with Crippen molar-refractivity contribution in [2.24, 2.45) is 5.10 Å². The Hall–Kier alpha value is -3.45. The number of hydrogen-bond acceptors (Lipinski definition) is 5. The average Bonchev–Trinajstić information content (AvgIpc) is 3.43. The van der Waals surface area contributed by atoms with Crippen LogP contribution in [0.15, 0.2) is 77.5 Å². The fourth-order valence-corrected chi connectivity index (χ4v) is 4.22. The Kier molecular flexibility index (Phi) is 4.37. The molecule has 0 fully saturated rings. The molecule has 1 atom stereocenters. The van der Waals surface area contributed by atoms with Crippen LogP contribution in [0.4, 0.5) is 4.39 Å². The molecule has 1 amide bonds. The van der Waals surface area contributed by atoms with Crippen molar-refractivity contribution in [3.8, 4) is 0 Å². The maximum atomic E-state index is 14.3. The largest absolute Gasteiger partial charge is 0.277 e. The molecule has 2 aromatic heterocycles. The molecule has 5 rings (SSSR count). The first-order valence-corrected chi connectivity index (χ1v) is 9.99. The minimum atomic E-state index is -0.555. The molecular weight excluding hydrogens is 387 g/mol. The van der Waals surface area contributed by atoms with Gasteiger partial charge < -0.3 is 0 Å². The molecule has 1 aliphatic rings. The lowest BCUT2D eigenvalue weighted by Crippen LogP contribution is -2.27. The summed E-state index contributed by atoms with van der Waals surface area (Å²) in [7, 11) is 0. The van der Waals surface area contributed by atoms with Gasteiger partial charge in [0.25, 0.3) is 5.91 Å².